The van der Waals surface area contributed by atoms with Crippen LogP contribution in [0.1, 0.15) is 17.2 Å². The summed E-state index contributed by atoms with van der Waals surface area (Å²) in [5.41, 5.74) is 5.26. The highest BCUT2D eigenvalue weighted by Crippen LogP contribution is 2.55. The fraction of sp³-hybridized carbons (Fsp3) is 0.0345. The van der Waals surface area contributed by atoms with Gasteiger partial charge in [0.15, 0.2) is 0 Å². The first kappa shape index (κ1) is 18.9. The minimum absolute atomic E-state index is 0.105. The number of benzene rings is 5. The second kappa shape index (κ2) is 7.11. The predicted octanol–water partition coefficient (Wildman–Crippen LogP) is 7.51. The summed E-state index contributed by atoms with van der Waals surface area (Å²) in [6, 6.07) is 29.1. The maximum absolute atomic E-state index is 15.1. The first-order chi connectivity index (χ1) is 15.7. The van der Waals surface area contributed by atoms with Gasteiger partial charge in [-0.2, -0.15) is 0 Å². The largest absolute Gasteiger partial charge is 0.384 e. The third kappa shape index (κ3) is 2.58. The maximum Gasteiger partial charge on any atom is 0.134 e. The summed E-state index contributed by atoms with van der Waals surface area (Å²) in [5.74, 6) is -1.29. The molecule has 0 aliphatic heterocycles. The molecule has 5 aromatic carbocycles. The van der Waals surface area contributed by atoms with Gasteiger partial charge in [-0.05, 0) is 50.7 Å². The quantitative estimate of drug-likeness (QED) is 0.313. The molecule has 1 atom stereocenters. The van der Waals surface area contributed by atoms with E-state index in [1.165, 1.54) is 18.2 Å². The fourth-order valence-corrected chi connectivity index (χ4v) is 5.04. The van der Waals surface area contributed by atoms with Crippen LogP contribution in [0, 0.1) is 11.6 Å². The summed E-state index contributed by atoms with van der Waals surface area (Å²) in [4.78, 5) is 0. The van der Waals surface area contributed by atoms with Gasteiger partial charge in [0.05, 0.1) is 5.56 Å². The van der Waals surface area contributed by atoms with Crippen molar-refractivity contribution in [2.24, 2.45) is 0 Å². The Morgan fingerprint density at radius 1 is 0.531 bits per heavy atom. The molecule has 5 aromatic rings. The lowest BCUT2D eigenvalue weighted by molar-refractivity contribution is 0.226. The van der Waals surface area contributed by atoms with Gasteiger partial charge in [-0.1, -0.05) is 84.9 Å². The van der Waals surface area contributed by atoms with Crippen LogP contribution in [0.25, 0.3) is 44.2 Å². The van der Waals surface area contributed by atoms with Crippen molar-refractivity contribution in [3.8, 4) is 33.4 Å². The van der Waals surface area contributed by atoms with Crippen LogP contribution in [-0.4, -0.2) is 5.11 Å². The molecule has 0 aromatic heterocycles. The monoisotopic (exact) mass is 420 g/mol. The van der Waals surface area contributed by atoms with Crippen molar-refractivity contribution in [3.05, 3.63) is 120 Å². The highest BCUT2D eigenvalue weighted by atomic mass is 19.1. The molecule has 0 saturated carbocycles. The van der Waals surface area contributed by atoms with E-state index in [4.69, 9.17) is 0 Å². The van der Waals surface area contributed by atoms with Crippen molar-refractivity contribution in [1.29, 1.82) is 0 Å². The van der Waals surface area contributed by atoms with E-state index < -0.39 is 17.7 Å². The molecule has 0 amide bonds. The van der Waals surface area contributed by atoms with Crippen LogP contribution >= 0.6 is 0 Å². The van der Waals surface area contributed by atoms with Gasteiger partial charge in [-0.25, -0.2) is 8.78 Å². The van der Waals surface area contributed by atoms with E-state index >= 15 is 8.78 Å². The van der Waals surface area contributed by atoms with E-state index in [1.54, 1.807) is 0 Å². The molecule has 0 spiro atoms. The third-order valence-electron chi connectivity index (χ3n) is 6.33. The Labute approximate surface area is 184 Å². The smallest absolute Gasteiger partial charge is 0.134 e. The molecule has 1 N–H and O–H groups in total. The van der Waals surface area contributed by atoms with Crippen LogP contribution in [0.5, 0.6) is 0 Å². The van der Waals surface area contributed by atoms with E-state index in [-0.39, 0.29) is 5.56 Å². The molecule has 3 heteroatoms. The van der Waals surface area contributed by atoms with E-state index in [9.17, 15) is 5.11 Å². The molecular formula is C29H18F2O. The second-order valence-electron chi connectivity index (χ2n) is 8.04. The van der Waals surface area contributed by atoms with Gasteiger partial charge in [0.25, 0.3) is 0 Å². The Morgan fingerprint density at radius 3 is 1.84 bits per heavy atom. The SMILES string of the molecule is OC1c2ccccc2-c2c1c(-c1c(F)cccc1F)c1ccccc1c2-c1ccccc1. The van der Waals surface area contributed by atoms with Gasteiger partial charge >= 0.3 is 0 Å². The highest BCUT2D eigenvalue weighted by Gasteiger charge is 2.35. The molecule has 6 rings (SSSR count). The zero-order valence-electron chi connectivity index (χ0n) is 17.0. The van der Waals surface area contributed by atoms with Crippen LogP contribution < -0.4 is 0 Å². The van der Waals surface area contributed by atoms with Crippen LogP contribution in [-0.2, 0) is 0 Å². The van der Waals surface area contributed by atoms with E-state index in [0.29, 0.717) is 16.5 Å². The Bertz CT molecular complexity index is 1490. The number of rotatable bonds is 2. The standard InChI is InChI=1S/C29H18F2O/c30-22-15-8-16-23(31)27(22)26-19-12-5-4-11-18(19)24(17-9-2-1-3-10-17)25-20-13-6-7-14-21(20)29(32)28(25)26/h1-16,29,32H. The van der Waals surface area contributed by atoms with Gasteiger partial charge < -0.3 is 5.11 Å². The molecule has 1 nitrogen and oxygen atoms in total. The second-order valence-corrected chi connectivity index (χ2v) is 8.04. The Hall–Kier alpha value is -3.82. The minimum Gasteiger partial charge on any atom is -0.384 e. The normalized spacial score (nSPS) is 14.4. The Kier molecular flexibility index (Phi) is 4.20. The topological polar surface area (TPSA) is 20.2 Å². The Balaban J connectivity index is 1.88. The van der Waals surface area contributed by atoms with Crippen molar-refractivity contribution in [3.63, 3.8) is 0 Å². The average molecular weight is 420 g/mol. The number of fused-ring (bicyclic) bond motifs is 4. The van der Waals surface area contributed by atoms with E-state index in [1.807, 2.05) is 78.9 Å². The van der Waals surface area contributed by atoms with Crippen LogP contribution in [0.3, 0.4) is 0 Å². The van der Waals surface area contributed by atoms with Gasteiger partial charge in [-0.3, -0.25) is 0 Å². The van der Waals surface area contributed by atoms with E-state index in [0.717, 1.165) is 33.2 Å². The molecule has 1 unspecified atom stereocenters. The highest BCUT2D eigenvalue weighted by molar-refractivity contribution is 6.14. The van der Waals surface area contributed by atoms with Gasteiger partial charge in [0, 0.05) is 11.1 Å². The van der Waals surface area contributed by atoms with Crippen molar-refractivity contribution in [2.45, 2.75) is 6.10 Å². The summed E-state index contributed by atoms with van der Waals surface area (Å²) in [6.07, 6.45) is -0.984. The van der Waals surface area contributed by atoms with Crippen molar-refractivity contribution in [2.75, 3.05) is 0 Å². The summed E-state index contributed by atoms with van der Waals surface area (Å²) in [6.45, 7) is 0. The first-order valence-corrected chi connectivity index (χ1v) is 10.5. The summed E-state index contributed by atoms with van der Waals surface area (Å²) >= 11 is 0. The molecular weight excluding hydrogens is 402 g/mol. The number of hydrogen-bond acceptors (Lipinski definition) is 1. The van der Waals surface area contributed by atoms with Gasteiger partial charge in [0.1, 0.15) is 17.7 Å². The number of hydrogen-bond donors (Lipinski definition) is 1. The number of aliphatic hydroxyl groups is 1. The summed E-state index contributed by atoms with van der Waals surface area (Å²) in [7, 11) is 0. The number of halogens is 2. The molecule has 1 aliphatic rings. The van der Waals surface area contributed by atoms with E-state index in [2.05, 4.69) is 0 Å². The average Bonchev–Trinajstić information content (AvgIpc) is 3.11. The van der Waals surface area contributed by atoms with Gasteiger partial charge in [0.2, 0.25) is 0 Å². The Morgan fingerprint density at radius 2 is 1.12 bits per heavy atom. The molecule has 1 aliphatic carbocycles. The van der Waals surface area contributed by atoms with Crippen molar-refractivity contribution in [1.82, 2.24) is 0 Å². The lowest BCUT2D eigenvalue weighted by Gasteiger charge is -2.21. The maximum atomic E-state index is 15.1. The van der Waals surface area contributed by atoms with Crippen LogP contribution in [0.2, 0.25) is 0 Å². The number of aliphatic hydroxyl groups excluding tert-OH is 1. The van der Waals surface area contributed by atoms with Gasteiger partial charge in [-0.15, -0.1) is 0 Å². The summed E-state index contributed by atoms with van der Waals surface area (Å²) in [5, 5.41) is 13.0. The molecule has 0 heterocycles. The lowest BCUT2D eigenvalue weighted by atomic mass is 9.83. The van der Waals surface area contributed by atoms with Crippen LogP contribution in [0.15, 0.2) is 97.1 Å². The minimum atomic E-state index is -0.984. The molecule has 154 valence electrons. The zero-order valence-corrected chi connectivity index (χ0v) is 17.0. The molecule has 0 fully saturated rings. The summed E-state index contributed by atoms with van der Waals surface area (Å²) < 4.78 is 30.2. The molecule has 32 heavy (non-hydrogen) atoms. The lowest BCUT2D eigenvalue weighted by Crippen LogP contribution is -2.02. The first-order valence-electron chi connectivity index (χ1n) is 10.5. The predicted molar refractivity (Wildman–Crippen MR) is 124 cm³/mol. The fourth-order valence-electron chi connectivity index (χ4n) is 5.04. The van der Waals surface area contributed by atoms with Crippen molar-refractivity contribution >= 4 is 10.8 Å². The zero-order chi connectivity index (χ0) is 21.8. The molecule has 0 bridgehead atoms. The van der Waals surface area contributed by atoms with Crippen LogP contribution in [0.4, 0.5) is 8.78 Å². The van der Waals surface area contributed by atoms with Crippen molar-refractivity contribution < 1.29 is 13.9 Å². The molecule has 0 radical (unpaired) electrons. The third-order valence-corrected chi connectivity index (χ3v) is 6.33. The molecule has 0 saturated heterocycles.